The molecule has 0 radical (unpaired) electrons. The van der Waals surface area contributed by atoms with E-state index in [0.717, 1.165) is 17.6 Å². The van der Waals surface area contributed by atoms with Gasteiger partial charge in [0.25, 0.3) is 0 Å². The average molecular weight is 329 g/mol. The van der Waals surface area contributed by atoms with E-state index in [1.54, 1.807) is 0 Å². The number of thioether (sulfide) groups is 1. The Morgan fingerprint density at radius 1 is 1.39 bits per heavy atom. The van der Waals surface area contributed by atoms with Crippen molar-refractivity contribution in [3.63, 3.8) is 0 Å². The predicted octanol–water partition coefficient (Wildman–Crippen LogP) is 3.63. The zero-order valence-corrected chi connectivity index (χ0v) is 13.5. The van der Waals surface area contributed by atoms with Crippen LogP contribution in [-0.4, -0.2) is 23.6 Å². The SMILES string of the molecule is CC1(C)CCN(c2cc(Br)ccc2CN)CCS1. The van der Waals surface area contributed by atoms with Crippen LogP contribution in [0.5, 0.6) is 0 Å². The van der Waals surface area contributed by atoms with E-state index in [-0.39, 0.29) is 0 Å². The van der Waals surface area contributed by atoms with E-state index in [9.17, 15) is 0 Å². The number of anilines is 1. The molecule has 0 aromatic heterocycles. The summed E-state index contributed by atoms with van der Waals surface area (Å²) in [6, 6.07) is 6.40. The van der Waals surface area contributed by atoms with Crippen LogP contribution in [0.15, 0.2) is 22.7 Å². The van der Waals surface area contributed by atoms with E-state index in [1.165, 1.54) is 23.4 Å². The molecule has 4 heteroatoms. The molecule has 1 aromatic rings. The molecule has 0 atom stereocenters. The maximum absolute atomic E-state index is 5.85. The first-order valence-electron chi connectivity index (χ1n) is 6.39. The number of nitrogens with two attached hydrogens (primary N) is 1. The van der Waals surface area contributed by atoms with E-state index in [2.05, 4.69) is 64.6 Å². The van der Waals surface area contributed by atoms with Gasteiger partial charge < -0.3 is 10.6 Å². The number of hydrogen-bond donors (Lipinski definition) is 1. The molecule has 0 spiro atoms. The second-order valence-corrected chi connectivity index (χ2v) is 8.04. The summed E-state index contributed by atoms with van der Waals surface area (Å²) in [6.45, 7) is 7.51. The van der Waals surface area contributed by atoms with Gasteiger partial charge >= 0.3 is 0 Å². The first-order chi connectivity index (χ1) is 8.52. The summed E-state index contributed by atoms with van der Waals surface area (Å²) in [5.74, 6) is 1.18. The summed E-state index contributed by atoms with van der Waals surface area (Å²) in [5, 5.41) is 0. The largest absolute Gasteiger partial charge is 0.370 e. The molecule has 2 nitrogen and oxygen atoms in total. The highest BCUT2D eigenvalue weighted by molar-refractivity contribution is 9.10. The monoisotopic (exact) mass is 328 g/mol. The molecule has 100 valence electrons. The van der Waals surface area contributed by atoms with Crippen LogP contribution in [0.25, 0.3) is 0 Å². The minimum Gasteiger partial charge on any atom is -0.370 e. The molecule has 0 aliphatic carbocycles. The van der Waals surface area contributed by atoms with Gasteiger partial charge in [0.15, 0.2) is 0 Å². The summed E-state index contributed by atoms with van der Waals surface area (Å²) in [7, 11) is 0. The van der Waals surface area contributed by atoms with Gasteiger partial charge in [-0.25, -0.2) is 0 Å². The highest BCUT2D eigenvalue weighted by Crippen LogP contribution is 2.34. The fraction of sp³-hybridized carbons (Fsp3) is 0.571. The zero-order valence-electron chi connectivity index (χ0n) is 11.1. The third-order valence-electron chi connectivity index (χ3n) is 3.45. The van der Waals surface area contributed by atoms with Crippen molar-refractivity contribution in [3.05, 3.63) is 28.2 Å². The molecule has 0 saturated carbocycles. The van der Waals surface area contributed by atoms with Gasteiger partial charge in [0.1, 0.15) is 0 Å². The molecule has 1 fully saturated rings. The molecule has 0 bridgehead atoms. The van der Waals surface area contributed by atoms with Crippen LogP contribution in [0, 0.1) is 0 Å². The number of nitrogens with zero attached hydrogens (tertiary/aromatic N) is 1. The van der Waals surface area contributed by atoms with E-state index in [4.69, 9.17) is 5.73 Å². The lowest BCUT2D eigenvalue weighted by Crippen LogP contribution is -2.28. The Morgan fingerprint density at radius 3 is 2.89 bits per heavy atom. The number of hydrogen-bond acceptors (Lipinski definition) is 3. The third kappa shape index (κ3) is 3.43. The van der Waals surface area contributed by atoms with Gasteiger partial charge in [0.2, 0.25) is 0 Å². The zero-order chi connectivity index (χ0) is 13.2. The Balaban J connectivity index is 2.23. The first-order valence-corrected chi connectivity index (χ1v) is 8.17. The van der Waals surface area contributed by atoms with Crippen molar-refractivity contribution in [2.45, 2.75) is 31.6 Å². The lowest BCUT2D eigenvalue weighted by atomic mass is 10.1. The predicted molar refractivity (Wildman–Crippen MR) is 85.4 cm³/mol. The minimum absolute atomic E-state index is 0.393. The van der Waals surface area contributed by atoms with Crippen molar-refractivity contribution >= 4 is 33.4 Å². The summed E-state index contributed by atoms with van der Waals surface area (Å²) in [4.78, 5) is 2.48. The molecule has 1 aromatic carbocycles. The van der Waals surface area contributed by atoms with Gasteiger partial charge in [-0.1, -0.05) is 35.8 Å². The topological polar surface area (TPSA) is 29.3 Å². The van der Waals surface area contributed by atoms with Crippen molar-refractivity contribution in [1.29, 1.82) is 0 Å². The Hall–Kier alpha value is -0.190. The highest BCUT2D eigenvalue weighted by atomic mass is 79.9. The minimum atomic E-state index is 0.393. The summed E-state index contributed by atoms with van der Waals surface area (Å²) < 4.78 is 1.52. The Morgan fingerprint density at radius 2 is 2.17 bits per heavy atom. The lowest BCUT2D eigenvalue weighted by Gasteiger charge is -2.26. The van der Waals surface area contributed by atoms with Crippen molar-refractivity contribution in [3.8, 4) is 0 Å². The molecule has 2 N–H and O–H groups in total. The molecule has 1 saturated heterocycles. The molecule has 1 aliphatic rings. The maximum Gasteiger partial charge on any atom is 0.0423 e. The van der Waals surface area contributed by atoms with E-state index >= 15 is 0 Å². The molecule has 0 amide bonds. The van der Waals surface area contributed by atoms with Gasteiger partial charge in [-0.3, -0.25) is 0 Å². The lowest BCUT2D eigenvalue weighted by molar-refractivity contribution is 0.636. The number of benzene rings is 1. The molecule has 2 rings (SSSR count). The molecular weight excluding hydrogens is 308 g/mol. The summed E-state index contributed by atoms with van der Waals surface area (Å²) >= 11 is 5.63. The quantitative estimate of drug-likeness (QED) is 0.898. The number of rotatable bonds is 2. The second-order valence-electron chi connectivity index (χ2n) is 5.32. The third-order valence-corrected chi connectivity index (χ3v) is 5.31. The van der Waals surface area contributed by atoms with Crippen LogP contribution in [0.2, 0.25) is 0 Å². The molecule has 1 heterocycles. The summed E-state index contributed by atoms with van der Waals surface area (Å²) in [5.41, 5.74) is 8.39. The van der Waals surface area contributed by atoms with Crippen molar-refractivity contribution in [1.82, 2.24) is 0 Å². The van der Waals surface area contributed by atoms with E-state index < -0.39 is 0 Å². The van der Waals surface area contributed by atoms with Gasteiger partial charge in [-0.2, -0.15) is 11.8 Å². The van der Waals surface area contributed by atoms with Crippen LogP contribution in [0.4, 0.5) is 5.69 Å². The number of halogens is 1. The average Bonchev–Trinajstić information content (AvgIpc) is 2.50. The van der Waals surface area contributed by atoms with Crippen LogP contribution < -0.4 is 10.6 Å². The smallest absolute Gasteiger partial charge is 0.0423 e. The normalized spacial score (nSPS) is 19.7. The van der Waals surface area contributed by atoms with E-state index in [1.807, 2.05) is 0 Å². The van der Waals surface area contributed by atoms with Crippen LogP contribution in [-0.2, 0) is 6.54 Å². The fourth-order valence-electron chi connectivity index (χ4n) is 2.27. The first kappa shape index (κ1) is 14.2. The fourth-order valence-corrected chi connectivity index (χ4v) is 3.71. The Kier molecular flexibility index (Phi) is 4.62. The molecule has 18 heavy (non-hydrogen) atoms. The van der Waals surface area contributed by atoms with Gasteiger partial charge in [0.05, 0.1) is 0 Å². The van der Waals surface area contributed by atoms with Crippen LogP contribution in [0.3, 0.4) is 0 Å². The molecule has 0 unspecified atom stereocenters. The van der Waals surface area contributed by atoms with Gasteiger partial charge in [0, 0.05) is 40.3 Å². The Labute approximate surface area is 122 Å². The maximum atomic E-state index is 5.85. The van der Waals surface area contributed by atoms with Crippen molar-refractivity contribution in [2.24, 2.45) is 5.73 Å². The molecule has 1 aliphatic heterocycles. The van der Waals surface area contributed by atoms with Gasteiger partial charge in [-0.15, -0.1) is 0 Å². The van der Waals surface area contributed by atoms with E-state index in [0.29, 0.717) is 11.3 Å². The van der Waals surface area contributed by atoms with Crippen molar-refractivity contribution in [2.75, 3.05) is 23.7 Å². The standard InChI is InChI=1S/C14H21BrN2S/c1-14(2)5-6-17(7-8-18-14)13-9-12(15)4-3-11(13)10-16/h3-4,9H,5-8,10,16H2,1-2H3. The van der Waals surface area contributed by atoms with Crippen LogP contribution in [0.1, 0.15) is 25.8 Å². The highest BCUT2D eigenvalue weighted by Gasteiger charge is 2.24. The second kappa shape index (κ2) is 5.85. The molecular formula is C14H21BrN2S. The van der Waals surface area contributed by atoms with Crippen molar-refractivity contribution < 1.29 is 0 Å². The summed E-state index contributed by atoms with van der Waals surface area (Å²) in [6.07, 6.45) is 1.22. The van der Waals surface area contributed by atoms with Crippen LogP contribution >= 0.6 is 27.7 Å². The van der Waals surface area contributed by atoms with Gasteiger partial charge in [-0.05, 0) is 24.1 Å². The Bertz CT molecular complexity index is 420.